The van der Waals surface area contributed by atoms with Crippen LogP contribution >= 0.6 is 0 Å². The number of nitrogens with one attached hydrogen (secondary N) is 1. The fourth-order valence-corrected chi connectivity index (χ4v) is 1.50. The van der Waals surface area contributed by atoms with Gasteiger partial charge in [0.25, 0.3) is 0 Å². The second-order valence-corrected chi connectivity index (χ2v) is 4.93. The molecule has 5 heteroatoms. The molecule has 1 aromatic heterocycles. The van der Waals surface area contributed by atoms with E-state index >= 15 is 0 Å². The molecule has 0 aliphatic carbocycles. The molecule has 0 spiro atoms. The van der Waals surface area contributed by atoms with Gasteiger partial charge in [-0.2, -0.15) is 0 Å². The Bertz CT molecular complexity index is 404. The fraction of sp³-hybridized carbons (Fsp3) is 0.538. The van der Waals surface area contributed by atoms with Crippen molar-refractivity contribution in [2.75, 3.05) is 24.3 Å². The number of nitrogens with two attached hydrogens (primary N) is 1. The third kappa shape index (κ3) is 4.00. The molecular weight excluding hydrogens is 228 g/mol. The average Bonchev–Trinajstić information content (AvgIpc) is 2.28. The van der Waals surface area contributed by atoms with Crippen LogP contribution in [-0.2, 0) is 4.79 Å². The van der Waals surface area contributed by atoms with E-state index in [0.717, 1.165) is 5.82 Å². The van der Waals surface area contributed by atoms with Crippen molar-refractivity contribution in [3.63, 3.8) is 0 Å². The maximum atomic E-state index is 11.9. The summed E-state index contributed by atoms with van der Waals surface area (Å²) in [7, 11) is 3.77. The van der Waals surface area contributed by atoms with Gasteiger partial charge in [0.1, 0.15) is 0 Å². The third-order valence-corrected chi connectivity index (χ3v) is 2.76. The summed E-state index contributed by atoms with van der Waals surface area (Å²) in [5, 5.41) is 2.85. The number of hydrogen-bond donors (Lipinski definition) is 2. The Morgan fingerprint density at radius 2 is 2.17 bits per heavy atom. The Hall–Kier alpha value is -1.62. The van der Waals surface area contributed by atoms with E-state index in [0.29, 0.717) is 12.1 Å². The Kier molecular flexibility index (Phi) is 5.09. The van der Waals surface area contributed by atoms with Gasteiger partial charge < -0.3 is 16.0 Å². The summed E-state index contributed by atoms with van der Waals surface area (Å²) in [6.45, 7) is 4.01. The van der Waals surface area contributed by atoms with Crippen molar-refractivity contribution < 1.29 is 4.79 Å². The van der Waals surface area contributed by atoms with Crippen LogP contribution in [0, 0.1) is 5.92 Å². The normalized spacial score (nSPS) is 12.3. The van der Waals surface area contributed by atoms with Crippen LogP contribution in [0.3, 0.4) is 0 Å². The zero-order valence-electron chi connectivity index (χ0n) is 11.5. The molecule has 3 N–H and O–H groups in total. The van der Waals surface area contributed by atoms with E-state index in [4.69, 9.17) is 5.73 Å². The maximum absolute atomic E-state index is 11.9. The van der Waals surface area contributed by atoms with Gasteiger partial charge in [0.15, 0.2) is 5.82 Å². The second kappa shape index (κ2) is 6.35. The summed E-state index contributed by atoms with van der Waals surface area (Å²) in [6.07, 6.45) is 2.02. The van der Waals surface area contributed by atoms with Gasteiger partial charge >= 0.3 is 0 Å². The van der Waals surface area contributed by atoms with Gasteiger partial charge in [0.2, 0.25) is 5.91 Å². The maximum Gasteiger partial charge on any atom is 0.226 e. The second-order valence-electron chi connectivity index (χ2n) is 4.93. The lowest BCUT2D eigenvalue weighted by Gasteiger charge is -2.18. The lowest BCUT2D eigenvalue weighted by Crippen LogP contribution is -2.31. The zero-order valence-corrected chi connectivity index (χ0v) is 11.5. The van der Waals surface area contributed by atoms with Crippen LogP contribution in [-0.4, -0.2) is 31.0 Å². The predicted octanol–water partition coefficient (Wildman–Crippen LogP) is 1.46. The summed E-state index contributed by atoms with van der Waals surface area (Å²) in [5.41, 5.74) is 6.59. The van der Waals surface area contributed by atoms with Crippen LogP contribution in [0.5, 0.6) is 0 Å². The van der Waals surface area contributed by atoms with E-state index in [1.807, 2.05) is 38.9 Å². The predicted molar refractivity (Wildman–Crippen MR) is 74.6 cm³/mol. The van der Waals surface area contributed by atoms with Gasteiger partial charge in [-0.25, -0.2) is 4.98 Å². The number of carbonyl (C=O) groups excluding carboxylic acids is 1. The molecule has 0 bridgehead atoms. The molecule has 1 rings (SSSR count). The Morgan fingerprint density at radius 3 is 2.72 bits per heavy atom. The summed E-state index contributed by atoms with van der Waals surface area (Å²) in [4.78, 5) is 17.9. The molecular formula is C13H22N4O. The van der Waals surface area contributed by atoms with E-state index in [2.05, 4.69) is 10.3 Å². The SMILES string of the molecule is CC(C)C(N)CC(=O)Nc1cccnc1N(C)C. The fourth-order valence-electron chi connectivity index (χ4n) is 1.50. The van der Waals surface area contributed by atoms with Crippen molar-refractivity contribution >= 4 is 17.4 Å². The van der Waals surface area contributed by atoms with Crippen molar-refractivity contribution in [1.82, 2.24) is 4.98 Å². The average molecular weight is 250 g/mol. The van der Waals surface area contributed by atoms with Crippen LogP contribution < -0.4 is 16.0 Å². The minimum absolute atomic E-state index is 0.0766. The number of pyridine rings is 1. The zero-order chi connectivity index (χ0) is 13.7. The van der Waals surface area contributed by atoms with Crippen LogP contribution in [0.25, 0.3) is 0 Å². The van der Waals surface area contributed by atoms with Gasteiger partial charge in [0, 0.05) is 32.8 Å². The van der Waals surface area contributed by atoms with E-state index in [-0.39, 0.29) is 17.9 Å². The Balaban J connectivity index is 2.70. The number of anilines is 2. The monoisotopic (exact) mass is 250 g/mol. The highest BCUT2D eigenvalue weighted by Crippen LogP contribution is 2.20. The summed E-state index contributed by atoms with van der Waals surface area (Å²) in [6, 6.07) is 3.51. The molecule has 0 saturated carbocycles. The Labute approximate surface area is 108 Å². The number of aromatic nitrogens is 1. The van der Waals surface area contributed by atoms with Crippen LogP contribution in [0.2, 0.25) is 0 Å². The van der Waals surface area contributed by atoms with Crippen LogP contribution in [0.1, 0.15) is 20.3 Å². The van der Waals surface area contributed by atoms with Gasteiger partial charge in [-0.05, 0) is 18.1 Å². The molecule has 1 heterocycles. The van der Waals surface area contributed by atoms with Gasteiger partial charge in [-0.15, -0.1) is 0 Å². The Morgan fingerprint density at radius 1 is 1.50 bits per heavy atom. The highest BCUT2D eigenvalue weighted by Gasteiger charge is 2.14. The van der Waals surface area contributed by atoms with E-state index in [1.165, 1.54) is 0 Å². The lowest BCUT2D eigenvalue weighted by atomic mass is 10.0. The van der Waals surface area contributed by atoms with Crippen molar-refractivity contribution in [3.8, 4) is 0 Å². The first-order chi connectivity index (χ1) is 8.41. The molecule has 0 radical (unpaired) electrons. The van der Waals surface area contributed by atoms with E-state index in [9.17, 15) is 4.79 Å². The highest BCUT2D eigenvalue weighted by atomic mass is 16.1. The van der Waals surface area contributed by atoms with Crippen LogP contribution in [0.15, 0.2) is 18.3 Å². The van der Waals surface area contributed by atoms with Gasteiger partial charge in [-0.3, -0.25) is 4.79 Å². The third-order valence-electron chi connectivity index (χ3n) is 2.76. The first-order valence-electron chi connectivity index (χ1n) is 6.09. The summed E-state index contributed by atoms with van der Waals surface area (Å²) in [5.74, 6) is 0.953. The number of rotatable bonds is 5. The molecule has 100 valence electrons. The van der Waals surface area contributed by atoms with Crippen molar-refractivity contribution in [1.29, 1.82) is 0 Å². The molecule has 0 aliphatic heterocycles. The highest BCUT2D eigenvalue weighted by molar-refractivity contribution is 5.93. The number of nitrogens with zero attached hydrogens (tertiary/aromatic N) is 2. The molecule has 0 aromatic carbocycles. The largest absolute Gasteiger partial charge is 0.361 e. The summed E-state index contributed by atoms with van der Waals surface area (Å²) >= 11 is 0. The molecule has 1 unspecified atom stereocenters. The number of hydrogen-bond acceptors (Lipinski definition) is 4. The molecule has 0 aliphatic rings. The van der Waals surface area contributed by atoms with Crippen molar-refractivity contribution in [3.05, 3.63) is 18.3 Å². The van der Waals surface area contributed by atoms with Crippen LogP contribution in [0.4, 0.5) is 11.5 Å². The molecule has 1 atom stereocenters. The minimum atomic E-state index is -0.121. The number of amides is 1. The molecule has 1 amide bonds. The standard InChI is InChI=1S/C13H22N4O/c1-9(2)10(14)8-12(18)16-11-6-5-7-15-13(11)17(3)4/h5-7,9-10H,8,14H2,1-4H3,(H,16,18). The minimum Gasteiger partial charge on any atom is -0.361 e. The smallest absolute Gasteiger partial charge is 0.226 e. The number of carbonyl (C=O) groups is 1. The van der Waals surface area contributed by atoms with Gasteiger partial charge in [0.05, 0.1) is 5.69 Å². The molecule has 18 heavy (non-hydrogen) atoms. The van der Waals surface area contributed by atoms with E-state index in [1.54, 1.807) is 12.3 Å². The topological polar surface area (TPSA) is 71.2 Å². The molecule has 0 saturated heterocycles. The first-order valence-corrected chi connectivity index (χ1v) is 6.09. The lowest BCUT2D eigenvalue weighted by molar-refractivity contribution is -0.116. The molecule has 1 aromatic rings. The van der Waals surface area contributed by atoms with Gasteiger partial charge in [-0.1, -0.05) is 13.8 Å². The molecule has 5 nitrogen and oxygen atoms in total. The quantitative estimate of drug-likeness (QED) is 0.830. The molecule has 0 fully saturated rings. The first kappa shape index (κ1) is 14.4. The summed E-state index contributed by atoms with van der Waals surface area (Å²) < 4.78 is 0. The van der Waals surface area contributed by atoms with E-state index < -0.39 is 0 Å². The van der Waals surface area contributed by atoms with Crippen molar-refractivity contribution in [2.45, 2.75) is 26.3 Å². The van der Waals surface area contributed by atoms with Crippen molar-refractivity contribution in [2.24, 2.45) is 11.7 Å².